The third-order valence-corrected chi connectivity index (χ3v) is 1.18. The average molecular weight is 124 g/mol. The van der Waals surface area contributed by atoms with E-state index in [1.54, 1.807) is 0 Å². The molecule has 2 nitrogen and oxygen atoms in total. The predicted octanol–water partition coefficient (Wildman–Crippen LogP) is 0.545. The lowest BCUT2D eigenvalue weighted by molar-refractivity contribution is 0.136. The fourth-order valence-corrected chi connectivity index (χ4v) is 0.751. The highest BCUT2D eigenvalue weighted by Gasteiger charge is 2.19. The summed E-state index contributed by atoms with van der Waals surface area (Å²) in [4.78, 5) is 0. The molecule has 0 saturated carbocycles. The van der Waals surface area contributed by atoms with Gasteiger partial charge < -0.3 is 9.31 Å². The maximum atomic E-state index is 5.15. The molecule has 0 N–H and O–H groups in total. The minimum Gasteiger partial charge on any atom is -0.410 e. The first kappa shape index (κ1) is 6.66. The summed E-state index contributed by atoms with van der Waals surface area (Å²) in [5.74, 6) is 2.49. The highest BCUT2D eigenvalue weighted by atomic mass is 16.6. The first-order valence-corrected chi connectivity index (χ1v) is 3.10. The van der Waals surface area contributed by atoms with Gasteiger partial charge in [0, 0.05) is 19.5 Å². The molecule has 0 aromatic carbocycles. The zero-order chi connectivity index (χ0) is 6.53. The summed E-state index contributed by atoms with van der Waals surface area (Å²) >= 11 is 0. The summed E-state index contributed by atoms with van der Waals surface area (Å²) in [5, 5.41) is 0. The normalized spacial score (nSPS) is 19.2. The van der Waals surface area contributed by atoms with Gasteiger partial charge in [-0.2, -0.15) is 0 Å². The molecule has 0 radical (unpaired) electrons. The Hall–Kier alpha value is -0.455. The zero-order valence-corrected chi connectivity index (χ0v) is 5.30. The van der Waals surface area contributed by atoms with Crippen LogP contribution in [-0.2, 0) is 9.31 Å². The Morgan fingerprint density at radius 1 is 1.44 bits per heavy atom. The molecule has 0 spiro atoms. The molecule has 1 aliphatic rings. The van der Waals surface area contributed by atoms with Crippen LogP contribution in [-0.4, -0.2) is 20.3 Å². The molecule has 0 aromatic heterocycles. The van der Waals surface area contributed by atoms with Crippen molar-refractivity contribution < 1.29 is 9.31 Å². The standard InChI is InChI=1S/C6H9BO2/c1-2-4-7-8-5-3-6-9-7/h1H,3-6H2. The highest BCUT2D eigenvalue weighted by molar-refractivity contribution is 6.45. The van der Waals surface area contributed by atoms with Gasteiger partial charge in [-0.25, -0.2) is 0 Å². The van der Waals surface area contributed by atoms with Crippen LogP contribution in [0.2, 0.25) is 6.32 Å². The molecule has 0 unspecified atom stereocenters. The molecule has 1 fully saturated rings. The molecule has 1 aliphatic heterocycles. The summed E-state index contributed by atoms with van der Waals surface area (Å²) in [7, 11) is -0.135. The van der Waals surface area contributed by atoms with Crippen molar-refractivity contribution in [3.63, 3.8) is 0 Å². The first-order valence-electron chi connectivity index (χ1n) is 3.10. The number of hydrogen-bond acceptors (Lipinski definition) is 2. The van der Waals surface area contributed by atoms with Gasteiger partial charge in [0.05, 0.1) is 0 Å². The summed E-state index contributed by atoms with van der Waals surface area (Å²) in [6, 6.07) is 0. The second-order valence-corrected chi connectivity index (χ2v) is 1.93. The van der Waals surface area contributed by atoms with Gasteiger partial charge in [-0.1, -0.05) is 0 Å². The van der Waals surface area contributed by atoms with Gasteiger partial charge in [0.15, 0.2) is 0 Å². The van der Waals surface area contributed by atoms with Crippen molar-refractivity contribution in [2.75, 3.05) is 13.2 Å². The molecule has 1 rings (SSSR count). The van der Waals surface area contributed by atoms with Crippen molar-refractivity contribution >= 4 is 7.12 Å². The van der Waals surface area contributed by atoms with Gasteiger partial charge in [-0.3, -0.25) is 0 Å². The van der Waals surface area contributed by atoms with Crippen molar-refractivity contribution in [1.82, 2.24) is 0 Å². The molecule has 0 bridgehead atoms. The molecule has 3 heteroatoms. The summed E-state index contributed by atoms with van der Waals surface area (Å²) < 4.78 is 10.3. The third-order valence-electron chi connectivity index (χ3n) is 1.18. The first-order chi connectivity index (χ1) is 4.43. The summed E-state index contributed by atoms with van der Waals surface area (Å²) in [5.41, 5.74) is 0. The quantitative estimate of drug-likeness (QED) is 0.375. The van der Waals surface area contributed by atoms with Gasteiger partial charge in [-0.05, 0) is 6.42 Å². The molecule has 9 heavy (non-hydrogen) atoms. The molecule has 0 amide bonds. The molecule has 0 atom stereocenters. The SMILES string of the molecule is C#CCB1OCCCO1. The van der Waals surface area contributed by atoms with Gasteiger partial charge >= 0.3 is 7.12 Å². The van der Waals surface area contributed by atoms with Crippen LogP contribution >= 0.6 is 0 Å². The molecule has 48 valence electrons. The van der Waals surface area contributed by atoms with E-state index in [9.17, 15) is 0 Å². The fourth-order valence-electron chi connectivity index (χ4n) is 0.751. The molecule has 0 aliphatic carbocycles. The zero-order valence-electron chi connectivity index (χ0n) is 5.30. The minimum absolute atomic E-state index is 0.135. The van der Waals surface area contributed by atoms with Crippen molar-refractivity contribution in [1.29, 1.82) is 0 Å². The highest BCUT2D eigenvalue weighted by Crippen LogP contribution is 2.03. The maximum Gasteiger partial charge on any atom is 0.469 e. The second-order valence-electron chi connectivity index (χ2n) is 1.93. The van der Waals surface area contributed by atoms with E-state index >= 15 is 0 Å². The van der Waals surface area contributed by atoms with Gasteiger partial charge in [0.2, 0.25) is 0 Å². The average Bonchev–Trinajstić information content (AvgIpc) is 1.91. The number of hydrogen-bond donors (Lipinski definition) is 0. The Morgan fingerprint density at radius 3 is 2.67 bits per heavy atom. The van der Waals surface area contributed by atoms with Crippen LogP contribution in [0.3, 0.4) is 0 Å². The largest absolute Gasteiger partial charge is 0.469 e. The minimum atomic E-state index is -0.135. The van der Waals surface area contributed by atoms with Crippen LogP contribution in [0.25, 0.3) is 0 Å². The van der Waals surface area contributed by atoms with E-state index in [1.807, 2.05) is 0 Å². The third kappa shape index (κ3) is 2.09. The lowest BCUT2D eigenvalue weighted by Crippen LogP contribution is -2.28. The second kappa shape index (κ2) is 3.55. The van der Waals surface area contributed by atoms with Crippen LogP contribution in [0.5, 0.6) is 0 Å². The van der Waals surface area contributed by atoms with Crippen molar-refractivity contribution in [2.24, 2.45) is 0 Å². The van der Waals surface area contributed by atoms with Crippen LogP contribution in [0.1, 0.15) is 6.42 Å². The van der Waals surface area contributed by atoms with Crippen molar-refractivity contribution in [3.8, 4) is 12.3 Å². The molecule has 0 aromatic rings. The van der Waals surface area contributed by atoms with Crippen LogP contribution in [0.4, 0.5) is 0 Å². The topological polar surface area (TPSA) is 18.5 Å². The number of rotatable bonds is 1. The predicted molar refractivity (Wildman–Crippen MR) is 35.9 cm³/mol. The Labute approximate surface area is 55.7 Å². The van der Waals surface area contributed by atoms with E-state index < -0.39 is 0 Å². The lowest BCUT2D eigenvalue weighted by atomic mass is 9.84. The van der Waals surface area contributed by atoms with E-state index in [-0.39, 0.29) is 7.12 Å². The van der Waals surface area contributed by atoms with Crippen LogP contribution in [0, 0.1) is 12.3 Å². The van der Waals surface area contributed by atoms with E-state index in [0.29, 0.717) is 6.32 Å². The van der Waals surface area contributed by atoms with Gasteiger partial charge in [-0.15, -0.1) is 12.3 Å². The molecular formula is C6H9BO2. The van der Waals surface area contributed by atoms with Crippen LogP contribution < -0.4 is 0 Å². The van der Waals surface area contributed by atoms with E-state index in [4.69, 9.17) is 15.7 Å². The summed E-state index contributed by atoms with van der Waals surface area (Å²) in [6.07, 6.45) is 6.61. The fraction of sp³-hybridized carbons (Fsp3) is 0.667. The lowest BCUT2D eigenvalue weighted by Gasteiger charge is -2.17. The van der Waals surface area contributed by atoms with Crippen molar-refractivity contribution in [3.05, 3.63) is 0 Å². The molecule has 1 heterocycles. The van der Waals surface area contributed by atoms with Crippen molar-refractivity contribution in [2.45, 2.75) is 12.7 Å². The van der Waals surface area contributed by atoms with Crippen LogP contribution in [0.15, 0.2) is 0 Å². The Morgan fingerprint density at radius 2 is 2.11 bits per heavy atom. The van der Waals surface area contributed by atoms with Gasteiger partial charge in [0.1, 0.15) is 0 Å². The molecule has 1 saturated heterocycles. The smallest absolute Gasteiger partial charge is 0.410 e. The van der Waals surface area contributed by atoms with E-state index in [0.717, 1.165) is 19.6 Å². The number of terminal acetylenes is 1. The van der Waals surface area contributed by atoms with E-state index in [1.165, 1.54) is 0 Å². The Balaban J connectivity index is 2.17. The maximum absolute atomic E-state index is 5.15. The Kier molecular flexibility index (Phi) is 2.63. The Bertz CT molecular complexity index is 113. The summed E-state index contributed by atoms with van der Waals surface area (Å²) in [6.45, 7) is 1.57. The molecular weight excluding hydrogens is 115 g/mol. The monoisotopic (exact) mass is 124 g/mol. The van der Waals surface area contributed by atoms with Gasteiger partial charge in [0.25, 0.3) is 0 Å². The van der Waals surface area contributed by atoms with E-state index in [2.05, 4.69) is 5.92 Å².